The molecule has 1 heterocycles. The van der Waals surface area contributed by atoms with Gasteiger partial charge in [0.1, 0.15) is 0 Å². The zero-order valence-corrected chi connectivity index (χ0v) is 21.4. The van der Waals surface area contributed by atoms with E-state index in [4.69, 9.17) is 32.2 Å². The summed E-state index contributed by atoms with van der Waals surface area (Å²) in [7, 11) is 3.25. The van der Waals surface area contributed by atoms with E-state index in [9.17, 15) is 9.90 Å². The number of nitrogens with zero attached hydrogens (tertiary/aromatic N) is 3. The Bertz CT molecular complexity index is 1290. The second-order valence-electron chi connectivity index (χ2n) is 8.81. The lowest BCUT2D eigenvalue weighted by atomic mass is 9.93. The van der Waals surface area contributed by atoms with Gasteiger partial charge in [0.05, 0.1) is 23.9 Å². The second-order valence-corrected chi connectivity index (χ2v) is 9.19. The third-order valence-corrected chi connectivity index (χ3v) is 6.62. The van der Waals surface area contributed by atoms with Crippen molar-refractivity contribution in [2.75, 3.05) is 24.8 Å². The van der Waals surface area contributed by atoms with Crippen LogP contribution in [-0.4, -0.2) is 57.9 Å². The monoisotopic (exact) mass is 527 g/mol. The number of methoxy groups -OCH3 is 1. The Morgan fingerprint density at radius 2 is 2.03 bits per heavy atom. The van der Waals surface area contributed by atoms with Gasteiger partial charge in [-0.1, -0.05) is 11.6 Å². The fourth-order valence-corrected chi connectivity index (χ4v) is 4.42. The molecule has 0 bridgehead atoms. The Labute approximate surface area is 219 Å². The van der Waals surface area contributed by atoms with E-state index in [1.54, 1.807) is 42.1 Å². The van der Waals surface area contributed by atoms with E-state index < -0.39 is 0 Å². The first-order chi connectivity index (χ1) is 17.8. The third kappa shape index (κ3) is 6.12. The third-order valence-electron chi connectivity index (χ3n) is 6.21. The highest BCUT2D eigenvalue weighted by Crippen LogP contribution is 2.34. The normalized spacial score (nSPS) is 17.2. The standard InChI is InChI=1S/C25H30ClN7O4/c1-33-25(30-19-9-8-18(28)17(12-27)23(19)26)31-24(32-33)14-3-10-20(21(11-14)36-2)37-13-22(35)29-15-4-6-16(34)7-5-15/h3,8-12,15-16,27,34H,4-7,13,28H2,1-2H3,(H,29,35)(H,30,31,32). The minimum Gasteiger partial charge on any atom is -0.493 e. The molecule has 2 aromatic carbocycles. The number of carbonyl (C=O) groups is 1. The summed E-state index contributed by atoms with van der Waals surface area (Å²) in [5.74, 6) is 1.50. The quantitative estimate of drug-likeness (QED) is 0.209. The van der Waals surface area contributed by atoms with Gasteiger partial charge in [0.2, 0.25) is 5.95 Å². The molecule has 0 saturated heterocycles. The van der Waals surface area contributed by atoms with Crippen LogP contribution in [0.4, 0.5) is 17.3 Å². The average Bonchev–Trinajstić information content (AvgIpc) is 3.26. The lowest BCUT2D eigenvalue weighted by Gasteiger charge is -2.26. The number of anilines is 3. The molecule has 1 amide bonds. The molecule has 196 valence electrons. The Kier molecular flexibility index (Phi) is 8.14. The molecule has 1 fully saturated rings. The summed E-state index contributed by atoms with van der Waals surface area (Å²) in [6, 6.07) is 8.65. The average molecular weight is 528 g/mol. The molecule has 37 heavy (non-hydrogen) atoms. The summed E-state index contributed by atoms with van der Waals surface area (Å²) in [6.45, 7) is -0.148. The van der Waals surface area contributed by atoms with E-state index in [1.807, 2.05) is 0 Å². The molecule has 3 aromatic rings. The number of hydrogen-bond acceptors (Lipinski definition) is 9. The maximum atomic E-state index is 12.3. The molecular formula is C25H30ClN7O4. The summed E-state index contributed by atoms with van der Waals surface area (Å²) in [6.07, 6.45) is 3.73. The Balaban J connectivity index is 1.44. The van der Waals surface area contributed by atoms with Gasteiger partial charge in [0, 0.05) is 36.1 Å². The van der Waals surface area contributed by atoms with Crippen molar-refractivity contribution in [1.82, 2.24) is 20.1 Å². The Hall–Kier alpha value is -3.83. The van der Waals surface area contributed by atoms with Crippen LogP contribution in [-0.2, 0) is 11.8 Å². The summed E-state index contributed by atoms with van der Waals surface area (Å²) in [4.78, 5) is 16.9. The first-order valence-electron chi connectivity index (χ1n) is 11.8. The van der Waals surface area contributed by atoms with Crippen molar-refractivity contribution in [1.29, 1.82) is 5.41 Å². The van der Waals surface area contributed by atoms with Crippen LogP contribution >= 0.6 is 11.6 Å². The van der Waals surface area contributed by atoms with Crippen LogP contribution in [0.3, 0.4) is 0 Å². The molecule has 1 saturated carbocycles. The molecule has 11 nitrogen and oxygen atoms in total. The Morgan fingerprint density at radius 3 is 2.73 bits per heavy atom. The van der Waals surface area contributed by atoms with Crippen molar-refractivity contribution in [2.45, 2.75) is 37.8 Å². The number of hydrogen-bond donors (Lipinski definition) is 5. The number of aliphatic hydroxyl groups excluding tert-OH is 1. The van der Waals surface area contributed by atoms with Gasteiger partial charge in [-0.05, 0) is 56.0 Å². The molecule has 1 aromatic heterocycles. The van der Waals surface area contributed by atoms with Crippen molar-refractivity contribution in [3.63, 3.8) is 0 Å². The van der Waals surface area contributed by atoms with Crippen LogP contribution < -0.4 is 25.8 Å². The fourth-order valence-electron chi connectivity index (χ4n) is 4.15. The van der Waals surface area contributed by atoms with Crippen molar-refractivity contribution in [2.24, 2.45) is 7.05 Å². The number of ether oxygens (including phenoxy) is 2. The lowest BCUT2D eigenvalue weighted by molar-refractivity contribution is -0.124. The Morgan fingerprint density at radius 1 is 1.27 bits per heavy atom. The zero-order chi connectivity index (χ0) is 26.5. The van der Waals surface area contributed by atoms with Crippen molar-refractivity contribution >= 4 is 41.0 Å². The molecule has 1 aliphatic carbocycles. The highest BCUT2D eigenvalue weighted by molar-refractivity contribution is 6.36. The lowest BCUT2D eigenvalue weighted by Crippen LogP contribution is -2.40. The predicted molar refractivity (Wildman–Crippen MR) is 142 cm³/mol. The number of aryl methyl sites for hydroxylation is 1. The van der Waals surface area contributed by atoms with Gasteiger partial charge in [0.25, 0.3) is 5.91 Å². The number of nitrogen functional groups attached to an aromatic ring is 1. The molecule has 0 unspecified atom stereocenters. The number of aromatic nitrogens is 3. The second kappa shape index (κ2) is 11.5. The predicted octanol–water partition coefficient (Wildman–Crippen LogP) is 3.27. The molecule has 0 radical (unpaired) electrons. The molecule has 0 atom stereocenters. The van der Waals surface area contributed by atoms with Crippen LogP contribution in [0.1, 0.15) is 31.2 Å². The van der Waals surface area contributed by atoms with Crippen LogP contribution in [0.2, 0.25) is 5.02 Å². The van der Waals surface area contributed by atoms with Gasteiger partial charge in [0.15, 0.2) is 23.9 Å². The van der Waals surface area contributed by atoms with Gasteiger partial charge in [-0.25, -0.2) is 4.68 Å². The van der Waals surface area contributed by atoms with Crippen LogP contribution in [0.15, 0.2) is 30.3 Å². The summed E-state index contributed by atoms with van der Waals surface area (Å²) in [5.41, 5.74) is 7.93. The van der Waals surface area contributed by atoms with Gasteiger partial charge >= 0.3 is 0 Å². The van der Waals surface area contributed by atoms with E-state index in [2.05, 4.69) is 20.7 Å². The van der Waals surface area contributed by atoms with E-state index in [1.165, 1.54) is 7.11 Å². The van der Waals surface area contributed by atoms with E-state index >= 15 is 0 Å². The van der Waals surface area contributed by atoms with Gasteiger partial charge < -0.3 is 36.4 Å². The van der Waals surface area contributed by atoms with Gasteiger partial charge in [-0.3, -0.25) is 4.79 Å². The van der Waals surface area contributed by atoms with Crippen LogP contribution in [0.25, 0.3) is 11.4 Å². The van der Waals surface area contributed by atoms with Crippen LogP contribution in [0, 0.1) is 5.41 Å². The van der Waals surface area contributed by atoms with Gasteiger partial charge in [-0.15, -0.1) is 5.10 Å². The summed E-state index contributed by atoms with van der Waals surface area (Å²) in [5, 5.41) is 28.0. The zero-order valence-electron chi connectivity index (χ0n) is 20.6. The SMILES string of the molecule is COc1cc(-c2nc(Nc3ccc(N)c(C=N)c3Cl)n(C)n2)ccc1OCC(=O)NC1CCC(O)CC1. The number of carbonyl (C=O) groups excluding carboxylic acids is 1. The minimum atomic E-state index is -0.275. The topological polar surface area (TPSA) is 160 Å². The molecule has 1 aliphatic rings. The smallest absolute Gasteiger partial charge is 0.258 e. The number of aliphatic hydroxyl groups is 1. The largest absolute Gasteiger partial charge is 0.493 e. The van der Waals surface area contributed by atoms with Crippen LogP contribution in [0.5, 0.6) is 11.5 Å². The molecule has 6 N–H and O–H groups in total. The summed E-state index contributed by atoms with van der Waals surface area (Å²) >= 11 is 6.39. The molecule has 0 aliphatic heterocycles. The fraction of sp³-hybridized carbons (Fsp3) is 0.360. The van der Waals surface area contributed by atoms with E-state index in [0.717, 1.165) is 19.1 Å². The number of rotatable bonds is 9. The first kappa shape index (κ1) is 26.2. The van der Waals surface area contributed by atoms with Gasteiger partial charge in [-0.2, -0.15) is 4.98 Å². The van der Waals surface area contributed by atoms with E-state index in [0.29, 0.717) is 63.6 Å². The number of nitrogens with one attached hydrogen (secondary N) is 3. The maximum absolute atomic E-state index is 12.3. The van der Waals surface area contributed by atoms with Crippen molar-refractivity contribution < 1.29 is 19.4 Å². The number of amides is 1. The maximum Gasteiger partial charge on any atom is 0.258 e. The number of benzene rings is 2. The summed E-state index contributed by atoms with van der Waals surface area (Å²) < 4.78 is 12.7. The first-order valence-corrected chi connectivity index (χ1v) is 12.2. The number of halogens is 1. The minimum absolute atomic E-state index is 0.0571. The highest BCUT2D eigenvalue weighted by atomic mass is 35.5. The van der Waals surface area contributed by atoms with E-state index in [-0.39, 0.29) is 24.7 Å². The molecule has 4 rings (SSSR count). The molecule has 12 heteroatoms. The van der Waals surface area contributed by atoms with Crippen molar-refractivity contribution in [3.05, 3.63) is 40.9 Å². The number of nitrogens with two attached hydrogens (primary N) is 1. The molecular weight excluding hydrogens is 498 g/mol. The molecule has 0 spiro atoms. The highest BCUT2D eigenvalue weighted by Gasteiger charge is 2.21. The van der Waals surface area contributed by atoms with Crippen molar-refractivity contribution in [3.8, 4) is 22.9 Å².